The predicted molar refractivity (Wildman–Crippen MR) is 339 cm³/mol. The van der Waals surface area contributed by atoms with Crippen molar-refractivity contribution in [2.24, 2.45) is 5.14 Å². The standard InChI is InChI=1S/C39H44N4O2.C29H35N5O4S/c1-28(2)45-38-13-6-5-12-36(38)42-22-20-41(21-23-42)27-29-8-7-11-33(24-29)39(44)43-19-18-31-15-17-35(26-37(31)43)40-34-16-14-30-9-3-4-10-32(30)25-34;1-21(2)38-28-9-4-3-8-27(28)33-16-14-32(15-17-33)20-22-6-5-7-24(18-22)29(35)34-13-12-23-19-25(10-11-26(23)34)31-39(30,36)37/h3-13,15,17,24,26,28,34,40H,14,16,18-23,25,27H2,1-2H3;3-11,18-19,21,31H,12-17,20H2,1-2H3,(H2,30,36,37). The Morgan fingerprint density at radius 2 is 1.01 bits per heavy atom. The Hall–Kier alpha value is -7.89. The number of piperazine rings is 2. The van der Waals surface area contributed by atoms with Crippen LogP contribution in [0.5, 0.6) is 11.5 Å². The number of amides is 2. The number of hydrogen-bond acceptors (Lipinski definition) is 11. The Balaban J connectivity index is 0.000000177. The van der Waals surface area contributed by atoms with Gasteiger partial charge in [0.25, 0.3) is 22.0 Å². The molecule has 2 amide bonds. The van der Waals surface area contributed by atoms with E-state index in [2.05, 4.69) is 134 Å². The molecule has 1 unspecified atom stereocenters. The molecule has 0 aromatic heterocycles. The molecule has 2 fully saturated rings. The monoisotopic (exact) mass is 1150 g/mol. The average molecular weight is 1150 g/mol. The highest BCUT2D eigenvalue weighted by atomic mass is 32.2. The van der Waals surface area contributed by atoms with Crippen LogP contribution in [-0.4, -0.2) is 114 Å². The van der Waals surface area contributed by atoms with Crippen molar-refractivity contribution in [3.05, 3.63) is 202 Å². The maximum absolute atomic E-state index is 13.9. The van der Waals surface area contributed by atoms with Gasteiger partial charge in [-0.15, -0.1) is 0 Å². The number of nitrogens with zero attached hydrogens (tertiary/aromatic N) is 6. The highest BCUT2D eigenvalue weighted by molar-refractivity contribution is 7.90. The smallest absolute Gasteiger partial charge is 0.296 e. The first-order valence-corrected chi connectivity index (χ1v) is 31.4. The highest BCUT2D eigenvalue weighted by Gasteiger charge is 2.30. The topological polar surface area (TPSA) is 156 Å². The third kappa shape index (κ3) is 14.2. The molecule has 15 nitrogen and oxygen atoms in total. The molecular formula is C68H79N9O6S. The summed E-state index contributed by atoms with van der Waals surface area (Å²) in [6.07, 6.45) is 5.09. The van der Waals surface area contributed by atoms with Crippen LogP contribution in [-0.2, 0) is 49.0 Å². The summed E-state index contributed by atoms with van der Waals surface area (Å²) in [5, 5.41) is 8.86. The molecule has 1 aliphatic carbocycles. The lowest BCUT2D eigenvalue weighted by atomic mass is 9.88. The molecule has 5 aliphatic rings. The minimum atomic E-state index is -3.85. The van der Waals surface area contributed by atoms with Crippen LogP contribution in [0.15, 0.2) is 158 Å². The number of para-hydroxylation sites is 4. The summed E-state index contributed by atoms with van der Waals surface area (Å²) in [4.78, 5) is 40.7. The van der Waals surface area contributed by atoms with Crippen molar-refractivity contribution < 1.29 is 27.5 Å². The predicted octanol–water partition coefficient (Wildman–Crippen LogP) is 10.6. The lowest BCUT2D eigenvalue weighted by Crippen LogP contribution is -2.46. The van der Waals surface area contributed by atoms with Crippen LogP contribution in [0.2, 0.25) is 0 Å². The molecule has 7 aromatic rings. The molecule has 4 aliphatic heterocycles. The van der Waals surface area contributed by atoms with E-state index < -0.39 is 10.2 Å². The third-order valence-corrected chi connectivity index (χ3v) is 17.0. The van der Waals surface area contributed by atoms with E-state index in [9.17, 15) is 18.0 Å². The average Bonchev–Trinajstić information content (AvgIpc) is 3.30. The zero-order valence-corrected chi connectivity index (χ0v) is 49.7. The number of benzene rings is 7. The van der Waals surface area contributed by atoms with E-state index in [1.54, 1.807) is 23.1 Å². The van der Waals surface area contributed by atoms with Crippen molar-refractivity contribution in [2.45, 2.75) is 91.1 Å². The zero-order valence-electron chi connectivity index (χ0n) is 48.9. The van der Waals surface area contributed by atoms with Gasteiger partial charge in [-0.2, -0.15) is 8.42 Å². The van der Waals surface area contributed by atoms with E-state index in [-0.39, 0.29) is 24.0 Å². The van der Waals surface area contributed by atoms with Crippen molar-refractivity contribution in [2.75, 3.05) is 95.1 Å². The van der Waals surface area contributed by atoms with Gasteiger partial charge in [-0.05, 0) is 172 Å². The zero-order chi connectivity index (χ0) is 58.3. The number of hydrogen-bond donors (Lipinski definition) is 3. The Morgan fingerprint density at radius 1 is 0.500 bits per heavy atom. The minimum absolute atomic E-state index is 0.0608. The summed E-state index contributed by atoms with van der Waals surface area (Å²) in [6, 6.07) is 53.5. The van der Waals surface area contributed by atoms with Gasteiger partial charge in [-0.1, -0.05) is 78.9 Å². The van der Waals surface area contributed by atoms with Crippen molar-refractivity contribution in [3.63, 3.8) is 0 Å². The maximum atomic E-state index is 13.9. The second-order valence-electron chi connectivity index (χ2n) is 23.3. The van der Waals surface area contributed by atoms with Gasteiger partial charge >= 0.3 is 0 Å². The van der Waals surface area contributed by atoms with Gasteiger partial charge in [0.1, 0.15) is 11.5 Å². The molecule has 16 heteroatoms. The molecule has 4 N–H and O–H groups in total. The minimum Gasteiger partial charge on any atom is -0.489 e. The molecule has 4 heterocycles. The Bertz CT molecular complexity index is 3580. The summed E-state index contributed by atoms with van der Waals surface area (Å²) in [6.45, 7) is 18.6. The lowest BCUT2D eigenvalue weighted by molar-refractivity contribution is 0.0981. The van der Waals surface area contributed by atoms with Gasteiger partial charge in [0.15, 0.2) is 0 Å². The van der Waals surface area contributed by atoms with E-state index in [0.29, 0.717) is 30.3 Å². The molecular weight excluding hydrogens is 1070 g/mol. The maximum Gasteiger partial charge on any atom is 0.296 e. The van der Waals surface area contributed by atoms with Crippen LogP contribution in [0.3, 0.4) is 0 Å². The van der Waals surface area contributed by atoms with E-state index in [1.807, 2.05) is 67.3 Å². The van der Waals surface area contributed by atoms with Crippen LogP contribution >= 0.6 is 0 Å². The highest BCUT2D eigenvalue weighted by Crippen LogP contribution is 2.36. The lowest BCUT2D eigenvalue weighted by Gasteiger charge is -2.37. The van der Waals surface area contributed by atoms with Gasteiger partial charge < -0.3 is 34.4 Å². The Labute approximate surface area is 496 Å². The van der Waals surface area contributed by atoms with Crippen LogP contribution in [0, 0.1) is 0 Å². The van der Waals surface area contributed by atoms with E-state index in [1.165, 1.54) is 27.9 Å². The summed E-state index contributed by atoms with van der Waals surface area (Å²) in [7, 11) is -3.85. The Kier molecular flexibility index (Phi) is 17.9. The molecule has 0 radical (unpaired) electrons. The van der Waals surface area contributed by atoms with Crippen molar-refractivity contribution in [1.29, 1.82) is 0 Å². The van der Waals surface area contributed by atoms with Crippen LogP contribution < -0.4 is 44.3 Å². The van der Waals surface area contributed by atoms with Crippen molar-refractivity contribution >= 4 is 56.1 Å². The SMILES string of the molecule is CC(C)Oc1ccccc1N1CCN(Cc2cccc(C(=O)N3CCc4cc(NS(N)(=O)=O)ccc43)c2)CC1.CC(C)Oc1ccccc1N1CCN(Cc2cccc(C(=O)N3CCc4ccc(NC5CCc6ccccc6C5)cc43)c2)CC1. The largest absolute Gasteiger partial charge is 0.489 e. The summed E-state index contributed by atoms with van der Waals surface area (Å²) >= 11 is 0. The first kappa shape index (κ1) is 57.9. The third-order valence-electron chi connectivity index (χ3n) is 16.5. The molecule has 0 saturated carbocycles. The number of nitrogens with two attached hydrogens (primary N) is 1. The van der Waals surface area contributed by atoms with Crippen LogP contribution in [0.4, 0.5) is 34.1 Å². The summed E-state index contributed by atoms with van der Waals surface area (Å²) < 4.78 is 37.1. The molecule has 7 aromatic carbocycles. The second kappa shape index (κ2) is 25.9. The number of ether oxygens (including phenoxy) is 2. The van der Waals surface area contributed by atoms with Crippen LogP contribution in [0.1, 0.15) is 88.2 Å². The number of fused-ring (bicyclic) bond motifs is 3. The number of carbonyl (C=O) groups is 2. The van der Waals surface area contributed by atoms with Crippen LogP contribution in [0.25, 0.3) is 0 Å². The van der Waals surface area contributed by atoms with Crippen molar-refractivity contribution in [1.82, 2.24) is 9.80 Å². The fraction of sp³-hybridized carbons (Fsp3) is 0.353. The van der Waals surface area contributed by atoms with Gasteiger partial charge in [0, 0.05) is 113 Å². The number of rotatable bonds is 16. The normalized spacial score (nSPS) is 17.1. The fourth-order valence-corrected chi connectivity index (χ4v) is 12.9. The number of anilines is 6. The van der Waals surface area contributed by atoms with Crippen molar-refractivity contribution in [3.8, 4) is 11.5 Å². The van der Waals surface area contributed by atoms with Gasteiger partial charge in [-0.3, -0.25) is 24.1 Å². The van der Waals surface area contributed by atoms with E-state index >= 15 is 0 Å². The second-order valence-corrected chi connectivity index (χ2v) is 24.6. The first-order valence-electron chi connectivity index (χ1n) is 29.8. The first-order chi connectivity index (χ1) is 40.7. The number of aryl methyl sites for hydroxylation is 1. The van der Waals surface area contributed by atoms with E-state index in [0.717, 1.165) is 149 Å². The van der Waals surface area contributed by atoms with E-state index in [4.69, 9.17) is 14.6 Å². The number of nitrogens with one attached hydrogen (secondary N) is 2. The fourth-order valence-electron chi connectivity index (χ4n) is 12.4. The molecule has 1 atom stereocenters. The van der Waals surface area contributed by atoms with Gasteiger partial charge in [-0.25, -0.2) is 5.14 Å². The molecule has 12 rings (SSSR count). The molecule has 438 valence electrons. The quantitative estimate of drug-likeness (QED) is 0.0846. The van der Waals surface area contributed by atoms with Gasteiger partial charge in [0.05, 0.1) is 29.3 Å². The molecule has 0 spiro atoms. The molecule has 2 saturated heterocycles. The Morgan fingerprint density at radius 3 is 1.57 bits per heavy atom. The summed E-state index contributed by atoms with van der Waals surface area (Å²) in [5.41, 5.74) is 14.4. The molecule has 84 heavy (non-hydrogen) atoms. The van der Waals surface area contributed by atoms with Gasteiger partial charge in [0.2, 0.25) is 0 Å². The molecule has 0 bridgehead atoms. The number of carbonyl (C=O) groups excluding carboxylic acids is 2. The summed E-state index contributed by atoms with van der Waals surface area (Å²) in [5.74, 6) is 1.91.